The van der Waals surface area contributed by atoms with Crippen molar-refractivity contribution < 1.29 is 58.9 Å². The topological polar surface area (TPSA) is 284 Å². The van der Waals surface area contributed by atoms with Gasteiger partial charge in [0.15, 0.2) is 33.7 Å². The van der Waals surface area contributed by atoms with E-state index in [1.54, 1.807) is 11.8 Å². The van der Waals surface area contributed by atoms with Gasteiger partial charge in [-0.25, -0.2) is 4.98 Å². The molecule has 5 aliphatic rings. The molecule has 1 aromatic heterocycles. The van der Waals surface area contributed by atoms with Crippen LogP contribution >= 0.6 is 34.7 Å². The SMILES string of the molecule is C[C@@H]1S[C@@H]2[C@H](NC(=O)/C(=N\OC(C)(C)C(=O)[O-])c3csc(N)n3)C(=O)N2C(C(=O)[O-])=C1C[N+]12CCC(CC1)N(C(=O)/C(=N\O)c1ccc(O)c(O)c1Cl)CC2. The number of fused-ring (bicyclic) bond motifs is 5. The van der Waals surface area contributed by atoms with Crippen LogP contribution < -0.4 is 21.3 Å². The minimum atomic E-state index is -1.93. The molecule has 7 rings (SSSR count). The lowest BCUT2D eigenvalue weighted by atomic mass is 9.97. The van der Waals surface area contributed by atoms with Gasteiger partial charge in [0, 0.05) is 40.7 Å². The number of carboxylic acids is 2. The van der Waals surface area contributed by atoms with Crippen LogP contribution in [0.4, 0.5) is 5.13 Å². The van der Waals surface area contributed by atoms with E-state index in [9.17, 15) is 49.6 Å². The third kappa shape index (κ3) is 7.23. The molecule has 6 heterocycles. The average molecular weight is 820 g/mol. The van der Waals surface area contributed by atoms with Crippen molar-refractivity contribution in [2.45, 2.75) is 61.9 Å². The molecule has 5 aliphatic heterocycles. The Labute approximate surface area is 326 Å². The van der Waals surface area contributed by atoms with Crippen molar-refractivity contribution in [2.24, 2.45) is 10.3 Å². The number of nitrogen functional groups attached to an aromatic ring is 1. The number of carbonyl (C=O) groups excluding carboxylic acids is 5. The highest BCUT2D eigenvalue weighted by atomic mass is 35.5. The number of rotatable bonds is 11. The van der Waals surface area contributed by atoms with Gasteiger partial charge in [0.05, 0.1) is 48.8 Å². The highest BCUT2D eigenvalue weighted by Crippen LogP contribution is 2.45. The normalized spacial score (nSPS) is 25.6. The van der Waals surface area contributed by atoms with E-state index in [2.05, 4.69) is 20.6 Å². The number of aromatic hydroxyl groups is 2. The Hall–Kier alpha value is -5.12. The van der Waals surface area contributed by atoms with E-state index < -0.39 is 74.8 Å². The first kappa shape index (κ1) is 39.6. The lowest BCUT2D eigenvalue weighted by Crippen LogP contribution is -2.72. The van der Waals surface area contributed by atoms with E-state index in [-0.39, 0.29) is 46.2 Å². The molecule has 3 atom stereocenters. The van der Waals surface area contributed by atoms with Crippen LogP contribution in [-0.2, 0) is 28.8 Å². The van der Waals surface area contributed by atoms with Crippen LogP contribution in [0.1, 0.15) is 44.9 Å². The van der Waals surface area contributed by atoms with Gasteiger partial charge in [0.25, 0.3) is 17.7 Å². The maximum absolute atomic E-state index is 13.8. The molecule has 294 valence electrons. The first-order valence-corrected chi connectivity index (χ1v) is 19.1. The number of anilines is 1. The van der Waals surface area contributed by atoms with E-state index in [1.165, 1.54) is 23.2 Å². The van der Waals surface area contributed by atoms with Crippen LogP contribution in [0.2, 0.25) is 5.02 Å². The van der Waals surface area contributed by atoms with Crippen molar-refractivity contribution in [3.63, 3.8) is 0 Å². The summed E-state index contributed by atoms with van der Waals surface area (Å²) in [6.45, 7) is 6.08. The van der Waals surface area contributed by atoms with Gasteiger partial charge in [-0.1, -0.05) is 21.9 Å². The number of quaternary nitrogens is 1. The number of carbonyl (C=O) groups is 5. The monoisotopic (exact) mass is 819 g/mol. The zero-order chi connectivity index (χ0) is 40.1. The molecule has 0 spiro atoms. The number of halogens is 1. The highest BCUT2D eigenvalue weighted by Gasteiger charge is 2.56. The number of hydrogen-bond donors (Lipinski definition) is 5. The zero-order valence-electron chi connectivity index (χ0n) is 29.6. The van der Waals surface area contributed by atoms with Crippen LogP contribution in [-0.4, -0.2) is 137 Å². The third-order valence-electron chi connectivity index (χ3n) is 10.3. The van der Waals surface area contributed by atoms with Crippen molar-refractivity contribution in [3.05, 3.63) is 45.1 Å². The quantitative estimate of drug-likeness (QED) is 0.0433. The van der Waals surface area contributed by atoms with Crippen LogP contribution in [0.25, 0.3) is 0 Å². The molecule has 22 heteroatoms. The molecule has 4 saturated heterocycles. The molecular weight excluding hydrogens is 784 g/mol. The highest BCUT2D eigenvalue weighted by molar-refractivity contribution is 8.00. The molecule has 6 N–H and O–H groups in total. The number of aromatic nitrogens is 1. The fourth-order valence-electron chi connectivity index (χ4n) is 7.14. The Morgan fingerprint density at radius 1 is 1.16 bits per heavy atom. The van der Waals surface area contributed by atoms with E-state index in [1.807, 2.05) is 0 Å². The average Bonchev–Trinajstić information content (AvgIpc) is 3.38. The minimum Gasteiger partial charge on any atom is -0.546 e. The predicted octanol–water partition coefficient (Wildman–Crippen LogP) is -1.47. The number of piperidine rings is 1. The fourth-order valence-corrected chi connectivity index (χ4v) is 9.38. The molecule has 0 saturated carbocycles. The number of nitrogens with zero attached hydrogens (tertiary/aromatic N) is 6. The molecule has 1 aromatic carbocycles. The van der Waals surface area contributed by atoms with Crippen molar-refractivity contribution in [1.82, 2.24) is 20.1 Å². The second-order valence-corrected chi connectivity index (χ2v) is 16.8. The van der Waals surface area contributed by atoms with Gasteiger partial charge in [-0.05, 0) is 32.9 Å². The van der Waals surface area contributed by atoms with Crippen LogP contribution in [0.15, 0.2) is 39.1 Å². The molecule has 3 amide bonds. The number of hydrogen-bond acceptors (Lipinski definition) is 17. The summed E-state index contributed by atoms with van der Waals surface area (Å²) < 4.78 is 0.398. The van der Waals surface area contributed by atoms with Gasteiger partial charge in [-0.2, -0.15) is 0 Å². The van der Waals surface area contributed by atoms with E-state index in [4.69, 9.17) is 22.2 Å². The number of carboxylic acid groups (broad SMARTS) is 2. The zero-order valence-corrected chi connectivity index (χ0v) is 31.9. The molecule has 19 nitrogen and oxygen atoms in total. The molecule has 2 bridgehead atoms. The summed E-state index contributed by atoms with van der Waals surface area (Å²) in [7, 11) is 0. The second-order valence-electron chi connectivity index (χ2n) is 14.0. The Kier molecular flexibility index (Phi) is 10.7. The Morgan fingerprint density at radius 2 is 1.85 bits per heavy atom. The van der Waals surface area contributed by atoms with Gasteiger partial charge >= 0.3 is 0 Å². The first-order chi connectivity index (χ1) is 25.9. The first-order valence-electron chi connectivity index (χ1n) is 16.9. The molecule has 0 unspecified atom stereocenters. The van der Waals surface area contributed by atoms with Gasteiger partial charge < -0.3 is 60.5 Å². The minimum absolute atomic E-state index is 0.0428. The lowest BCUT2D eigenvalue weighted by Gasteiger charge is -2.53. The summed E-state index contributed by atoms with van der Waals surface area (Å²) in [5.41, 5.74) is 2.97. The second kappa shape index (κ2) is 14.8. The molecule has 0 radical (unpaired) electrons. The van der Waals surface area contributed by atoms with E-state index in [0.717, 1.165) is 36.2 Å². The van der Waals surface area contributed by atoms with Crippen molar-refractivity contribution in [2.75, 3.05) is 38.5 Å². The number of benzene rings is 1. The summed E-state index contributed by atoms with van der Waals surface area (Å²) in [5, 5.41) is 63.2. The maximum atomic E-state index is 13.8. The predicted molar refractivity (Wildman–Crippen MR) is 192 cm³/mol. The van der Waals surface area contributed by atoms with E-state index >= 15 is 0 Å². The lowest BCUT2D eigenvalue weighted by molar-refractivity contribution is -0.925. The molecule has 0 aliphatic carbocycles. The summed E-state index contributed by atoms with van der Waals surface area (Å²) in [5.74, 6) is -6.66. The van der Waals surface area contributed by atoms with Gasteiger partial charge in [-0.3, -0.25) is 19.3 Å². The number of amides is 3. The molecule has 2 aromatic rings. The number of aliphatic carboxylic acids is 2. The number of phenolic OH excluding ortho intramolecular Hbond substituents is 2. The van der Waals surface area contributed by atoms with Crippen molar-refractivity contribution in [3.8, 4) is 11.5 Å². The van der Waals surface area contributed by atoms with Crippen LogP contribution in [0.3, 0.4) is 0 Å². The summed E-state index contributed by atoms with van der Waals surface area (Å²) in [6, 6.07) is 0.936. The van der Waals surface area contributed by atoms with Crippen molar-refractivity contribution >= 4 is 80.9 Å². The van der Waals surface area contributed by atoms with Gasteiger partial charge in [-0.15, -0.1) is 23.1 Å². The number of nitrogens with two attached hydrogens (primary N) is 1. The number of thiazole rings is 1. The number of nitrogens with one attached hydrogen (secondary N) is 1. The summed E-state index contributed by atoms with van der Waals surface area (Å²) in [4.78, 5) is 76.9. The smallest absolute Gasteiger partial charge is 0.277 e. The Balaban J connectivity index is 1.20. The van der Waals surface area contributed by atoms with E-state index in [0.29, 0.717) is 42.5 Å². The molecule has 55 heavy (non-hydrogen) atoms. The number of oxime groups is 2. The molecule has 4 fully saturated rings. The van der Waals surface area contributed by atoms with Gasteiger partial charge in [0.2, 0.25) is 0 Å². The fraction of sp³-hybridized carbons (Fsp3) is 0.455. The largest absolute Gasteiger partial charge is 0.546 e. The standard InChI is InChI=1S/C33H37ClN8O11S2/c1-14-17(12-42-9-6-15(7-10-42)40(8-11-42)27(46)21(38-52)16-4-5-19(43)25(44)20(16)34)24(30(48)49)41-28(47)23(29(41)55-14)37-26(45)22(18-13-54-32(35)36-18)39-53-33(2,3)31(50)51/h4-5,13-15,23,29H,6-12H2,1-3H3,(H7-,35,36,37,38,39,43,44,45,46,48,49,50,51,52)/p-1/t14-,15?,23+,29+,42?/m0/s1. The van der Waals surface area contributed by atoms with Crippen molar-refractivity contribution in [1.29, 1.82) is 0 Å². The van der Waals surface area contributed by atoms with Gasteiger partial charge in [0.1, 0.15) is 23.7 Å². The third-order valence-corrected chi connectivity index (χ3v) is 12.8. The van der Waals surface area contributed by atoms with Crippen LogP contribution in [0, 0.1) is 0 Å². The number of phenols is 2. The summed E-state index contributed by atoms with van der Waals surface area (Å²) >= 11 is 8.42. The Morgan fingerprint density at radius 3 is 2.45 bits per heavy atom. The molecular formula is C33H36ClN8O11S2-. The Bertz CT molecular complexity index is 2060. The maximum Gasteiger partial charge on any atom is 0.277 e. The summed E-state index contributed by atoms with van der Waals surface area (Å²) in [6.07, 6.45) is 1.07. The number of thioether (sulfide) groups is 1. The number of β-lactam (4-membered cyclic amide) rings is 1. The van der Waals surface area contributed by atoms with Crippen LogP contribution in [0.5, 0.6) is 11.5 Å².